The van der Waals surface area contributed by atoms with Crippen LogP contribution in [0.15, 0.2) is 34.9 Å². The van der Waals surface area contributed by atoms with Crippen LogP contribution in [0.1, 0.15) is 50.0 Å². The third kappa shape index (κ3) is 4.82. The topological polar surface area (TPSA) is 80.5 Å². The molecule has 1 fully saturated rings. The summed E-state index contributed by atoms with van der Waals surface area (Å²) in [5.41, 5.74) is 1.14. The SMILES string of the molecule is CC(C)NC(=O)N1CCCC1c1nc(CCOCc2ccccc2)no1. The molecule has 1 aliphatic rings. The molecule has 2 amide bonds. The molecule has 0 radical (unpaired) electrons. The summed E-state index contributed by atoms with van der Waals surface area (Å²) in [5.74, 6) is 1.13. The van der Waals surface area contributed by atoms with E-state index in [1.807, 2.05) is 44.2 Å². The Morgan fingerprint density at radius 3 is 2.96 bits per heavy atom. The fourth-order valence-corrected chi connectivity index (χ4v) is 3.03. The van der Waals surface area contributed by atoms with E-state index in [0.717, 1.165) is 18.4 Å². The zero-order valence-corrected chi connectivity index (χ0v) is 15.4. The molecule has 1 unspecified atom stereocenters. The number of carbonyl (C=O) groups excluding carboxylic acids is 1. The lowest BCUT2D eigenvalue weighted by molar-refractivity contribution is 0.122. The number of nitrogens with zero attached hydrogens (tertiary/aromatic N) is 3. The highest BCUT2D eigenvalue weighted by Crippen LogP contribution is 2.30. The number of ether oxygens (including phenoxy) is 1. The summed E-state index contributed by atoms with van der Waals surface area (Å²) in [6.45, 7) is 5.70. The van der Waals surface area contributed by atoms with E-state index in [0.29, 0.717) is 37.9 Å². The van der Waals surface area contributed by atoms with Crippen molar-refractivity contribution in [2.24, 2.45) is 0 Å². The molecule has 0 bridgehead atoms. The van der Waals surface area contributed by atoms with Crippen LogP contribution in [0, 0.1) is 0 Å². The molecule has 3 rings (SSSR count). The van der Waals surface area contributed by atoms with Gasteiger partial charge in [0.25, 0.3) is 0 Å². The summed E-state index contributed by atoms with van der Waals surface area (Å²) in [6.07, 6.45) is 2.37. The number of likely N-dealkylation sites (tertiary alicyclic amines) is 1. The first kappa shape index (κ1) is 18.4. The minimum atomic E-state index is -0.139. The molecule has 1 saturated heterocycles. The van der Waals surface area contributed by atoms with Crippen LogP contribution in [0.5, 0.6) is 0 Å². The number of amides is 2. The predicted octanol–water partition coefficient (Wildman–Crippen LogP) is 3.08. The van der Waals surface area contributed by atoms with E-state index in [1.54, 1.807) is 4.90 Å². The van der Waals surface area contributed by atoms with Gasteiger partial charge in [-0.3, -0.25) is 0 Å². The zero-order valence-electron chi connectivity index (χ0n) is 15.4. The molecule has 1 aromatic heterocycles. The summed E-state index contributed by atoms with van der Waals surface area (Å²) in [7, 11) is 0. The molecule has 7 heteroatoms. The van der Waals surface area contributed by atoms with Gasteiger partial charge in [0.2, 0.25) is 5.89 Å². The van der Waals surface area contributed by atoms with Gasteiger partial charge in [-0.25, -0.2) is 4.79 Å². The van der Waals surface area contributed by atoms with Crippen LogP contribution in [0.25, 0.3) is 0 Å². The summed E-state index contributed by atoms with van der Waals surface area (Å²) < 4.78 is 11.1. The third-order valence-corrected chi connectivity index (χ3v) is 4.28. The van der Waals surface area contributed by atoms with Gasteiger partial charge in [-0.2, -0.15) is 4.98 Å². The summed E-state index contributed by atoms with van der Waals surface area (Å²) >= 11 is 0. The van der Waals surface area contributed by atoms with Crippen molar-refractivity contribution >= 4 is 6.03 Å². The van der Waals surface area contributed by atoms with Gasteiger partial charge >= 0.3 is 6.03 Å². The van der Waals surface area contributed by atoms with Gasteiger partial charge in [0.05, 0.1) is 13.2 Å². The molecular formula is C19H26N4O3. The first-order valence-corrected chi connectivity index (χ1v) is 9.15. The molecule has 2 heterocycles. The number of rotatable bonds is 7. The quantitative estimate of drug-likeness (QED) is 0.769. The predicted molar refractivity (Wildman–Crippen MR) is 96.4 cm³/mol. The van der Waals surface area contributed by atoms with Gasteiger partial charge in [-0.15, -0.1) is 0 Å². The Hall–Kier alpha value is -2.41. The van der Waals surface area contributed by atoms with Gasteiger partial charge < -0.3 is 19.5 Å². The van der Waals surface area contributed by atoms with E-state index in [9.17, 15) is 4.79 Å². The standard InChI is InChI=1S/C19H26N4O3/c1-14(2)20-19(24)23-11-6-9-16(23)18-21-17(22-26-18)10-12-25-13-15-7-4-3-5-8-15/h3-5,7-8,14,16H,6,9-13H2,1-2H3,(H,20,24). The second-order valence-electron chi connectivity index (χ2n) is 6.79. The molecule has 0 saturated carbocycles. The maximum absolute atomic E-state index is 12.3. The Balaban J connectivity index is 1.50. The van der Waals surface area contributed by atoms with E-state index in [4.69, 9.17) is 9.26 Å². The highest BCUT2D eigenvalue weighted by molar-refractivity contribution is 5.75. The first-order chi connectivity index (χ1) is 12.6. The highest BCUT2D eigenvalue weighted by atomic mass is 16.5. The maximum Gasteiger partial charge on any atom is 0.318 e. The molecule has 7 nitrogen and oxygen atoms in total. The van der Waals surface area contributed by atoms with Crippen molar-refractivity contribution in [2.45, 2.75) is 51.8 Å². The number of benzene rings is 1. The monoisotopic (exact) mass is 358 g/mol. The molecule has 140 valence electrons. The number of hydrogen-bond donors (Lipinski definition) is 1. The number of urea groups is 1. The average Bonchev–Trinajstić information content (AvgIpc) is 3.28. The molecule has 0 aliphatic carbocycles. The van der Waals surface area contributed by atoms with Crippen LogP contribution in [0.4, 0.5) is 4.79 Å². The summed E-state index contributed by atoms with van der Waals surface area (Å²) in [5, 5.41) is 6.96. The Labute approximate surface area is 153 Å². The van der Waals surface area contributed by atoms with Crippen LogP contribution in [-0.4, -0.2) is 40.3 Å². The zero-order chi connectivity index (χ0) is 18.4. The Bertz CT molecular complexity index is 702. The maximum atomic E-state index is 12.3. The largest absolute Gasteiger partial charge is 0.376 e. The molecule has 1 atom stereocenters. The van der Waals surface area contributed by atoms with Crippen LogP contribution < -0.4 is 5.32 Å². The fourth-order valence-electron chi connectivity index (χ4n) is 3.03. The summed E-state index contributed by atoms with van der Waals surface area (Å²) in [4.78, 5) is 18.5. The van der Waals surface area contributed by atoms with Gasteiger partial charge in [0, 0.05) is 19.0 Å². The van der Waals surface area contributed by atoms with Crippen LogP contribution in [0.3, 0.4) is 0 Å². The number of nitrogens with one attached hydrogen (secondary N) is 1. The average molecular weight is 358 g/mol. The third-order valence-electron chi connectivity index (χ3n) is 4.28. The van der Waals surface area contributed by atoms with Crippen LogP contribution in [0.2, 0.25) is 0 Å². The first-order valence-electron chi connectivity index (χ1n) is 9.15. The molecule has 0 spiro atoms. The van der Waals surface area contributed by atoms with Gasteiger partial charge in [-0.1, -0.05) is 35.5 Å². The Kier molecular flexibility index (Phi) is 6.22. The van der Waals surface area contributed by atoms with Crippen molar-refractivity contribution in [2.75, 3.05) is 13.2 Å². The number of aromatic nitrogens is 2. The van der Waals surface area contributed by atoms with Crippen molar-refractivity contribution in [1.82, 2.24) is 20.4 Å². The fraction of sp³-hybridized carbons (Fsp3) is 0.526. The van der Waals surface area contributed by atoms with Gasteiger partial charge in [0.1, 0.15) is 6.04 Å². The van der Waals surface area contributed by atoms with E-state index < -0.39 is 0 Å². The Morgan fingerprint density at radius 2 is 2.19 bits per heavy atom. The minimum absolute atomic E-state index is 0.0755. The van der Waals surface area contributed by atoms with E-state index in [1.165, 1.54) is 0 Å². The van der Waals surface area contributed by atoms with E-state index in [2.05, 4.69) is 15.5 Å². The van der Waals surface area contributed by atoms with Crippen molar-refractivity contribution in [3.63, 3.8) is 0 Å². The van der Waals surface area contributed by atoms with E-state index in [-0.39, 0.29) is 18.1 Å². The lowest BCUT2D eigenvalue weighted by Crippen LogP contribution is -2.42. The van der Waals surface area contributed by atoms with E-state index >= 15 is 0 Å². The second kappa shape index (κ2) is 8.80. The molecule has 26 heavy (non-hydrogen) atoms. The number of carbonyl (C=O) groups is 1. The van der Waals surface area contributed by atoms with Crippen molar-refractivity contribution in [3.05, 3.63) is 47.6 Å². The molecule has 1 N–H and O–H groups in total. The smallest absolute Gasteiger partial charge is 0.318 e. The van der Waals surface area contributed by atoms with Crippen molar-refractivity contribution in [3.8, 4) is 0 Å². The Morgan fingerprint density at radius 1 is 1.38 bits per heavy atom. The lowest BCUT2D eigenvalue weighted by Gasteiger charge is -2.23. The molecule has 1 aliphatic heterocycles. The van der Waals surface area contributed by atoms with Gasteiger partial charge in [-0.05, 0) is 32.3 Å². The van der Waals surface area contributed by atoms with Gasteiger partial charge in [0.15, 0.2) is 5.82 Å². The van der Waals surface area contributed by atoms with Crippen molar-refractivity contribution in [1.29, 1.82) is 0 Å². The normalized spacial score (nSPS) is 17.0. The molecular weight excluding hydrogens is 332 g/mol. The van der Waals surface area contributed by atoms with Crippen molar-refractivity contribution < 1.29 is 14.1 Å². The number of hydrogen-bond acceptors (Lipinski definition) is 5. The molecule has 1 aromatic carbocycles. The van der Waals surface area contributed by atoms with Crippen LogP contribution >= 0.6 is 0 Å². The minimum Gasteiger partial charge on any atom is -0.376 e. The van der Waals surface area contributed by atoms with Crippen LogP contribution in [-0.2, 0) is 17.8 Å². The molecule has 2 aromatic rings. The lowest BCUT2D eigenvalue weighted by atomic mass is 10.2. The second-order valence-corrected chi connectivity index (χ2v) is 6.79. The summed E-state index contributed by atoms with van der Waals surface area (Å²) in [6, 6.07) is 9.92. The highest BCUT2D eigenvalue weighted by Gasteiger charge is 2.34.